The van der Waals surface area contributed by atoms with Crippen LogP contribution in [-0.4, -0.2) is 19.9 Å². The smallest absolute Gasteiger partial charge is 0.153 e. The van der Waals surface area contributed by atoms with Gasteiger partial charge in [-0.1, -0.05) is 45.8 Å². The third-order valence-corrected chi connectivity index (χ3v) is 3.23. The number of allylic oxidation sites excluding steroid dienone is 2. The summed E-state index contributed by atoms with van der Waals surface area (Å²) in [5, 5.41) is 10.4. The van der Waals surface area contributed by atoms with Gasteiger partial charge in [-0.3, -0.25) is 4.98 Å². The number of hydrogen-bond acceptors (Lipinski definition) is 3. The lowest BCUT2D eigenvalue weighted by molar-refractivity contribution is 0.213. The Kier molecular flexibility index (Phi) is 3.74. The number of nitrogens with zero attached hydrogens (tertiary/aromatic N) is 2. The van der Waals surface area contributed by atoms with Crippen LogP contribution in [0.4, 0.5) is 0 Å². The van der Waals surface area contributed by atoms with Crippen molar-refractivity contribution in [2.75, 3.05) is 0 Å². The molecule has 1 aliphatic carbocycles. The first-order chi connectivity index (χ1) is 7.68. The van der Waals surface area contributed by atoms with Crippen LogP contribution in [0.25, 0.3) is 0 Å². The summed E-state index contributed by atoms with van der Waals surface area (Å²) >= 11 is 9.36. The molecule has 0 spiro atoms. The topological polar surface area (TPSA) is 46.0 Å². The summed E-state index contributed by atoms with van der Waals surface area (Å²) in [6.07, 6.45) is 8.95. The molecule has 0 radical (unpaired) electrons. The summed E-state index contributed by atoms with van der Waals surface area (Å²) in [4.78, 5) is 8.19. The highest BCUT2D eigenvalue weighted by atomic mass is 79.9. The summed E-state index contributed by atoms with van der Waals surface area (Å²) < 4.78 is 0. The molecule has 1 heterocycles. The molecule has 0 fully saturated rings. The molecule has 3 nitrogen and oxygen atoms in total. The van der Waals surface area contributed by atoms with Crippen LogP contribution in [0.15, 0.2) is 36.2 Å². The lowest BCUT2D eigenvalue weighted by Gasteiger charge is -2.16. The molecule has 0 bridgehead atoms. The minimum absolute atomic E-state index is 0.237. The Morgan fingerprint density at radius 1 is 1.44 bits per heavy atom. The van der Waals surface area contributed by atoms with Crippen LogP contribution < -0.4 is 0 Å². The van der Waals surface area contributed by atoms with Gasteiger partial charge in [-0.25, -0.2) is 4.98 Å². The summed E-state index contributed by atoms with van der Waals surface area (Å²) in [7, 11) is 0. The number of aliphatic hydroxyl groups is 1. The lowest BCUT2D eigenvalue weighted by atomic mass is 10.0. The van der Waals surface area contributed by atoms with Gasteiger partial charge in [0.2, 0.25) is 0 Å². The number of rotatable bonds is 2. The second-order valence-electron chi connectivity index (χ2n) is 3.46. The predicted octanol–water partition coefficient (Wildman–Crippen LogP) is 2.81. The number of alkyl halides is 1. The number of aromatic nitrogens is 2. The molecular weight excluding hydrogens is 291 g/mol. The van der Waals surface area contributed by atoms with E-state index in [-0.39, 0.29) is 9.98 Å². The van der Waals surface area contributed by atoms with Crippen molar-refractivity contribution in [3.8, 4) is 0 Å². The maximum atomic E-state index is 10.1. The van der Waals surface area contributed by atoms with E-state index in [4.69, 9.17) is 11.6 Å². The van der Waals surface area contributed by atoms with E-state index in [1.807, 2.05) is 18.2 Å². The van der Waals surface area contributed by atoms with Crippen molar-refractivity contribution >= 4 is 27.5 Å². The molecule has 0 aromatic carbocycles. The van der Waals surface area contributed by atoms with Crippen molar-refractivity contribution in [3.05, 3.63) is 47.0 Å². The van der Waals surface area contributed by atoms with Crippen molar-refractivity contribution in [2.24, 2.45) is 0 Å². The molecule has 2 rings (SSSR count). The summed E-state index contributed by atoms with van der Waals surface area (Å²) in [6.45, 7) is 0. The molecule has 16 heavy (non-hydrogen) atoms. The van der Waals surface area contributed by atoms with E-state index >= 15 is 0 Å². The van der Waals surface area contributed by atoms with Gasteiger partial charge in [0.15, 0.2) is 5.15 Å². The van der Waals surface area contributed by atoms with Crippen molar-refractivity contribution in [2.45, 2.75) is 17.4 Å². The number of aliphatic hydroxyl groups excluding tert-OH is 1. The molecule has 0 aliphatic heterocycles. The molecule has 5 heteroatoms. The molecule has 0 amide bonds. The first-order valence-electron chi connectivity index (χ1n) is 4.85. The highest BCUT2D eigenvalue weighted by Gasteiger charge is 2.19. The SMILES string of the molecule is OC(C1=CC(Br)CC=C1)c1nccnc1Cl. The maximum Gasteiger partial charge on any atom is 0.153 e. The molecule has 84 valence electrons. The average molecular weight is 302 g/mol. The Morgan fingerprint density at radius 2 is 2.19 bits per heavy atom. The Morgan fingerprint density at radius 3 is 2.88 bits per heavy atom. The van der Waals surface area contributed by atoms with Crippen LogP contribution in [0.3, 0.4) is 0 Å². The van der Waals surface area contributed by atoms with Gasteiger partial charge in [0, 0.05) is 17.2 Å². The van der Waals surface area contributed by atoms with E-state index < -0.39 is 6.10 Å². The van der Waals surface area contributed by atoms with Crippen molar-refractivity contribution in [3.63, 3.8) is 0 Å². The standard InChI is InChI=1S/C11H10BrClN2O/c12-8-3-1-2-7(6-8)10(16)9-11(13)15-5-4-14-9/h1-2,4-6,8,10,16H,3H2. The van der Waals surface area contributed by atoms with Gasteiger partial charge in [-0.05, 0) is 12.0 Å². The molecule has 2 unspecified atom stereocenters. The van der Waals surface area contributed by atoms with E-state index in [0.29, 0.717) is 5.69 Å². The highest BCUT2D eigenvalue weighted by molar-refractivity contribution is 9.09. The van der Waals surface area contributed by atoms with Gasteiger partial charge in [-0.15, -0.1) is 0 Å². The van der Waals surface area contributed by atoms with E-state index in [2.05, 4.69) is 25.9 Å². The van der Waals surface area contributed by atoms with Crippen LogP contribution in [0.2, 0.25) is 5.15 Å². The Labute approximate surface area is 107 Å². The molecule has 2 atom stereocenters. The monoisotopic (exact) mass is 300 g/mol. The molecule has 1 N–H and O–H groups in total. The molecule has 0 saturated carbocycles. The van der Waals surface area contributed by atoms with Gasteiger partial charge in [0.1, 0.15) is 11.8 Å². The van der Waals surface area contributed by atoms with Gasteiger partial charge in [-0.2, -0.15) is 0 Å². The zero-order valence-electron chi connectivity index (χ0n) is 8.35. The fraction of sp³-hybridized carbons (Fsp3) is 0.273. The van der Waals surface area contributed by atoms with Gasteiger partial charge >= 0.3 is 0 Å². The largest absolute Gasteiger partial charge is 0.382 e. The Balaban J connectivity index is 2.29. The fourth-order valence-electron chi connectivity index (χ4n) is 1.52. The van der Waals surface area contributed by atoms with Crippen LogP contribution in [0, 0.1) is 0 Å². The van der Waals surface area contributed by atoms with E-state index in [9.17, 15) is 5.11 Å². The van der Waals surface area contributed by atoms with Crippen LogP contribution in [-0.2, 0) is 0 Å². The lowest BCUT2D eigenvalue weighted by Crippen LogP contribution is -2.08. The minimum Gasteiger partial charge on any atom is -0.382 e. The predicted molar refractivity (Wildman–Crippen MR) is 66.6 cm³/mol. The zero-order chi connectivity index (χ0) is 11.5. The van der Waals surface area contributed by atoms with Crippen molar-refractivity contribution < 1.29 is 5.11 Å². The Bertz CT molecular complexity index is 447. The summed E-state index contributed by atoms with van der Waals surface area (Å²) in [6, 6.07) is 0. The number of halogens is 2. The molecule has 0 saturated heterocycles. The van der Waals surface area contributed by atoms with Crippen molar-refractivity contribution in [1.82, 2.24) is 9.97 Å². The van der Waals surface area contributed by atoms with Crippen LogP contribution >= 0.6 is 27.5 Å². The Hall–Kier alpha value is -0.710. The molecule has 1 aromatic rings. The fourth-order valence-corrected chi connectivity index (χ4v) is 2.25. The third kappa shape index (κ3) is 2.51. The normalized spacial score (nSPS) is 21.7. The minimum atomic E-state index is -0.821. The van der Waals surface area contributed by atoms with Gasteiger partial charge in [0.05, 0.1) is 0 Å². The summed E-state index contributed by atoms with van der Waals surface area (Å²) in [5.74, 6) is 0. The quantitative estimate of drug-likeness (QED) is 0.854. The van der Waals surface area contributed by atoms with Gasteiger partial charge in [0.25, 0.3) is 0 Å². The van der Waals surface area contributed by atoms with E-state index in [1.54, 1.807) is 0 Å². The maximum absolute atomic E-state index is 10.1. The molecule has 1 aromatic heterocycles. The first-order valence-corrected chi connectivity index (χ1v) is 6.14. The zero-order valence-corrected chi connectivity index (χ0v) is 10.7. The van der Waals surface area contributed by atoms with Crippen LogP contribution in [0.5, 0.6) is 0 Å². The van der Waals surface area contributed by atoms with E-state index in [0.717, 1.165) is 12.0 Å². The first kappa shape index (κ1) is 11.8. The molecular formula is C11H10BrClN2O. The van der Waals surface area contributed by atoms with Gasteiger partial charge < -0.3 is 5.11 Å². The average Bonchev–Trinajstić information content (AvgIpc) is 2.29. The second kappa shape index (κ2) is 5.08. The third-order valence-electron chi connectivity index (χ3n) is 2.30. The number of hydrogen-bond donors (Lipinski definition) is 1. The molecule has 1 aliphatic rings. The van der Waals surface area contributed by atoms with E-state index in [1.165, 1.54) is 12.4 Å². The summed E-state index contributed by atoms with van der Waals surface area (Å²) in [5.41, 5.74) is 1.18. The highest BCUT2D eigenvalue weighted by Crippen LogP contribution is 2.29. The van der Waals surface area contributed by atoms with Crippen LogP contribution in [0.1, 0.15) is 18.2 Å². The second-order valence-corrected chi connectivity index (χ2v) is 4.99. The van der Waals surface area contributed by atoms with Crippen molar-refractivity contribution in [1.29, 1.82) is 0 Å².